The SMILES string of the molecule is O=S1(=O)c2ccc(-c3ccc(F)cc3)cc2[C@@H]2CN(Cc3ccoc3)C[C@H]21. The number of rotatable bonds is 3. The second-order valence-electron chi connectivity index (χ2n) is 7.28. The molecule has 4 nitrogen and oxygen atoms in total. The summed E-state index contributed by atoms with van der Waals surface area (Å²) in [6.07, 6.45) is 3.33. The van der Waals surface area contributed by atoms with Crippen molar-refractivity contribution in [3.05, 3.63) is 78.0 Å². The molecule has 3 heterocycles. The number of benzene rings is 2. The fraction of sp³-hybridized carbons (Fsp3) is 0.238. The summed E-state index contributed by atoms with van der Waals surface area (Å²) in [6.45, 7) is 1.92. The lowest BCUT2D eigenvalue weighted by molar-refractivity contribution is 0.324. The van der Waals surface area contributed by atoms with E-state index in [0.717, 1.165) is 22.3 Å². The first-order valence-electron chi connectivity index (χ1n) is 8.89. The van der Waals surface area contributed by atoms with Crippen LogP contribution in [0.25, 0.3) is 11.1 Å². The van der Waals surface area contributed by atoms with Gasteiger partial charge in [0, 0.05) is 31.1 Å². The smallest absolute Gasteiger partial charge is 0.183 e. The molecule has 0 saturated carbocycles. The van der Waals surface area contributed by atoms with Gasteiger partial charge in [-0.3, -0.25) is 4.90 Å². The van der Waals surface area contributed by atoms with Crippen molar-refractivity contribution in [3.63, 3.8) is 0 Å². The lowest BCUT2D eigenvalue weighted by Crippen LogP contribution is -2.25. The van der Waals surface area contributed by atoms with Crippen molar-refractivity contribution in [1.29, 1.82) is 0 Å². The van der Waals surface area contributed by atoms with Crippen LogP contribution in [0.15, 0.2) is 70.4 Å². The second kappa shape index (κ2) is 6.04. The summed E-state index contributed by atoms with van der Waals surface area (Å²) in [5.74, 6) is -0.314. The summed E-state index contributed by atoms with van der Waals surface area (Å²) >= 11 is 0. The van der Waals surface area contributed by atoms with Crippen LogP contribution in [0.2, 0.25) is 0 Å². The molecule has 3 aromatic rings. The van der Waals surface area contributed by atoms with Crippen molar-refractivity contribution in [3.8, 4) is 11.1 Å². The van der Waals surface area contributed by atoms with Gasteiger partial charge in [-0.05, 0) is 47.0 Å². The predicted molar refractivity (Wildman–Crippen MR) is 99.5 cm³/mol. The van der Waals surface area contributed by atoms with E-state index in [1.165, 1.54) is 12.1 Å². The van der Waals surface area contributed by atoms with E-state index in [4.69, 9.17) is 4.42 Å². The van der Waals surface area contributed by atoms with Crippen LogP contribution in [-0.4, -0.2) is 31.7 Å². The lowest BCUT2D eigenvalue weighted by atomic mass is 9.94. The molecule has 1 saturated heterocycles. The third-order valence-corrected chi connectivity index (χ3v) is 7.88. The van der Waals surface area contributed by atoms with Crippen molar-refractivity contribution in [1.82, 2.24) is 4.90 Å². The Morgan fingerprint density at radius 3 is 2.56 bits per heavy atom. The van der Waals surface area contributed by atoms with Crippen LogP contribution in [0.1, 0.15) is 17.0 Å². The molecule has 0 radical (unpaired) electrons. The molecule has 0 bridgehead atoms. The first-order chi connectivity index (χ1) is 13.0. The Labute approximate surface area is 157 Å². The maximum atomic E-state index is 13.2. The molecule has 0 spiro atoms. The molecule has 27 heavy (non-hydrogen) atoms. The normalized spacial score (nSPS) is 23.3. The monoisotopic (exact) mass is 383 g/mol. The highest BCUT2D eigenvalue weighted by Gasteiger charge is 2.50. The summed E-state index contributed by atoms with van der Waals surface area (Å²) < 4.78 is 44.3. The minimum Gasteiger partial charge on any atom is -0.472 e. The van der Waals surface area contributed by atoms with E-state index >= 15 is 0 Å². The van der Waals surface area contributed by atoms with Crippen molar-refractivity contribution in [2.24, 2.45) is 0 Å². The van der Waals surface area contributed by atoms with Gasteiger partial charge < -0.3 is 4.42 Å². The average Bonchev–Trinajstić information content (AvgIpc) is 3.35. The Balaban J connectivity index is 1.50. The largest absolute Gasteiger partial charge is 0.472 e. The van der Waals surface area contributed by atoms with Gasteiger partial charge in [0.25, 0.3) is 0 Å². The summed E-state index contributed by atoms with van der Waals surface area (Å²) in [5, 5.41) is -0.400. The number of halogens is 1. The maximum Gasteiger partial charge on any atom is 0.183 e. The van der Waals surface area contributed by atoms with Gasteiger partial charge in [0.15, 0.2) is 9.84 Å². The molecule has 0 aliphatic carbocycles. The molecule has 2 aliphatic rings. The van der Waals surface area contributed by atoms with Crippen LogP contribution in [0.3, 0.4) is 0 Å². The number of likely N-dealkylation sites (tertiary alicyclic amines) is 1. The molecular formula is C21H18FNO3S. The molecule has 6 heteroatoms. The van der Waals surface area contributed by atoms with Gasteiger partial charge in [-0.2, -0.15) is 0 Å². The van der Waals surface area contributed by atoms with Gasteiger partial charge in [0.05, 0.1) is 22.7 Å². The first kappa shape index (κ1) is 16.7. The van der Waals surface area contributed by atoms with Gasteiger partial charge in [0.1, 0.15) is 5.82 Å². The first-order valence-corrected chi connectivity index (χ1v) is 10.4. The lowest BCUT2D eigenvalue weighted by Gasteiger charge is -2.16. The number of furan rings is 1. The van der Waals surface area contributed by atoms with Gasteiger partial charge >= 0.3 is 0 Å². The van der Waals surface area contributed by atoms with Gasteiger partial charge in [0.2, 0.25) is 0 Å². The van der Waals surface area contributed by atoms with E-state index in [1.807, 2.05) is 18.2 Å². The topological polar surface area (TPSA) is 50.5 Å². The zero-order valence-electron chi connectivity index (χ0n) is 14.5. The molecule has 0 amide bonds. The molecule has 2 aliphatic heterocycles. The fourth-order valence-corrected chi connectivity index (χ4v) is 6.51. The van der Waals surface area contributed by atoms with Gasteiger partial charge in [-0.1, -0.05) is 18.2 Å². The summed E-state index contributed by atoms with van der Waals surface area (Å²) in [7, 11) is -3.33. The van der Waals surface area contributed by atoms with E-state index in [9.17, 15) is 12.8 Å². The second-order valence-corrected chi connectivity index (χ2v) is 9.41. The fourth-order valence-electron chi connectivity index (χ4n) is 4.32. The van der Waals surface area contributed by atoms with Crippen LogP contribution in [0, 0.1) is 5.82 Å². The molecule has 1 aromatic heterocycles. The number of fused-ring (bicyclic) bond motifs is 3. The molecule has 0 N–H and O–H groups in total. The Bertz CT molecular complexity index is 1090. The average molecular weight is 383 g/mol. The third kappa shape index (κ3) is 2.71. The molecular weight excluding hydrogens is 365 g/mol. The standard InChI is InChI=1S/C21H18FNO3S/c22-17-4-1-15(2-5-17)16-3-6-20-18(9-16)19-11-23(10-14-7-8-26-13-14)12-21(19)27(20,24)25/h1-9,13,19,21H,10-12H2/t19-,21+/m0/s1. The van der Waals surface area contributed by atoms with E-state index in [2.05, 4.69) is 4.90 Å². The van der Waals surface area contributed by atoms with Crippen LogP contribution in [0.5, 0.6) is 0 Å². The van der Waals surface area contributed by atoms with Crippen molar-refractivity contribution in [2.75, 3.05) is 13.1 Å². The summed E-state index contributed by atoms with van der Waals surface area (Å²) in [6, 6.07) is 13.7. The molecule has 138 valence electrons. The van der Waals surface area contributed by atoms with Crippen LogP contribution >= 0.6 is 0 Å². The van der Waals surface area contributed by atoms with Crippen molar-refractivity contribution < 1.29 is 17.2 Å². The zero-order chi connectivity index (χ0) is 18.6. The van der Waals surface area contributed by atoms with E-state index in [-0.39, 0.29) is 11.7 Å². The highest BCUT2D eigenvalue weighted by Crippen LogP contribution is 2.46. The van der Waals surface area contributed by atoms with Gasteiger partial charge in [-0.25, -0.2) is 12.8 Å². The Kier molecular flexibility index (Phi) is 3.74. The summed E-state index contributed by atoms with van der Waals surface area (Å²) in [4.78, 5) is 2.62. The predicted octanol–water partition coefficient (Wildman–Crippen LogP) is 3.84. The number of hydrogen-bond donors (Lipinski definition) is 0. The van der Waals surface area contributed by atoms with Crippen LogP contribution in [0.4, 0.5) is 4.39 Å². The Hall–Kier alpha value is -2.44. The van der Waals surface area contributed by atoms with Gasteiger partial charge in [-0.15, -0.1) is 0 Å². The minimum atomic E-state index is -3.33. The number of sulfone groups is 1. The summed E-state index contributed by atoms with van der Waals surface area (Å²) in [5.41, 5.74) is 3.73. The molecule has 1 fully saturated rings. The molecule has 2 atom stereocenters. The van der Waals surface area contributed by atoms with E-state index < -0.39 is 15.1 Å². The maximum absolute atomic E-state index is 13.2. The van der Waals surface area contributed by atoms with E-state index in [0.29, 0.717) is 24.5 Å². The molecule has 2 aromatic carbocycles. The van der Waals surface area contributed by atoms with Crippen molar-refractivity contribution in [2.45, 2.75) is 22.6 Å². The highest BCUT2D eigenvalue weighted by molar-refractivity contribution is 7.92. The zero-order valence-corrected chi connectivity index (χ0v) is 15.3. The highest BCUT2D eigenvalue weighted by atomic mass is 32.2. The van der Waals surface area contributed by atoms with Crippen LogP contribution < -0.4 is 0 Å². The Morgan fingerprint density at radius 1 is 1.04 bits per heavy atom. The minimum absolute atomic E-state index is 0.0303. The quantitative estimate of drug-likeness (QED) is 0.690. The molecule has 5 rings (SSSR count). The third-order valence-electron chi connectivity index (χ3n) is 5.62. The van der Waals surface area contributed by atoms with E-state index in [1.54, 1.807) is 30.7 Å². The number of nitrogens with zero attached hydrogens (tertiary/aromatic N) is 1. The van der Waals surface area contributed by atoms with Crippen molar-refractivity contribution >= 4 is 9.84 Å². The molecule has 0 unspecified atom stereocenters. The van der Waals surface area contributed by atoms with Crippen LogP contribution in [-0.2, 0) is 16.4 Å². The Morgan fingerprint density at radius 2 is 1.81 bits per heavy atom. The number of hydrogen-bond acceptors (Lipinski definition) is 4.